The highest BCUT2D eigenvalue weighted by Crippen LogP contribution is 2.81. The predicted molar refractivity (Wildman–Crippen MR) is 173 cm³/mol. The molecule has 4 aromatic rings. The molecular formula is C38H35N3O3. The van der Waals surface area contributed by atoms with Crippen LogP contribution in [0.4, 0.5) is 5.69 Å². The summed E-state index contributed by atoms with van der Waals surface area (Å²) < 4.78 is 19.0. The highest BCUT2D eigenvalue weighted by atomic mass is 16.5. The summed E-state index contributed by atoms with van der Waals surface area (Å²) in [5.74, 6) is 4.59. The van der Waals surface area contributed by atoms with Gasteiger partial charge >= 0.3 is 0 Å². The minimum Gasteiger partial charge on any atom is -0.493 e. The van der Waals surface area contributed by atoms with Gasteiger partial charge in [0.15, 0.2) is 11.5 Å². The molecule has 8 rings (SSSR count). The van der Waals surface area contributed by atoms with Gasteiger partial charge in [0.2, 0.25) is 0 Å². The van der Waals surface area contributed by atoms with Crippen molar-refractivity contribution in [3.05, 3.63) is 138 Å². The van der Waals surface area contributed by atoms with E-state index in [1.54, 1.807) is 7.11 Å². The fraction of sp³-hybridized carbons (Fsp3) is 0.237. The Kier molecular flexibility index (Phi) is 6.26. The van der Waals surface area contributed by atoms with Crippen LogP contribution in [0.1, 0.15) is 40.6 Å². The van der Waals surface area contributed by atoms with Gasteiger partial charge in [-0.1, -0.05) is 72.8 Å². The Bertz CT molecular complexity index is 1800. The molecule has 0 saturated heterocycles. The Balaban J connectivity index is 1.26. The van der Waals surface area contributed by atoms with Crippen LogP contribution in [0.2, 0.25) is 0 Å². The van der Waals surface area contributed by atoms with Gasteiger partial charge in [0.25, 0.3) is 0 Å². The normalized spacial score (nSPS) is 26.8. The first-order valence-electron chi connectivity index (χ1n) is 15.3. The van der Waals surface area contributed by atoms with Crippen molar-refractivity contribution >= 4 is 11.5 Å². The van der Waals surface area contributed by atoms with Crippen molar-refractivity contribution in [2.75, 3.05) is 12.4 Å². The number of nitrogens with two attached hydrogens (primary N) is 1. The number of hydrogen-bond donors (Lipinski definition) is 3. The molecule has 4 N–H and O–H groups in total. The van der Waals surface area contributed by atoms with E-state index in [1.807, 2.05) is 60.7 Å². The smallest absolute Gasteiger partial charge is 0.165 e. The Morgan fingerprint density at radius 3 is 2.36 bits per heavy atom. The van der Waals surface area contributed by atoms with Gasteiger partial charge < -0.3 is 25.3 Å². The van der Waals surface area contributed by atoms with E-state index in [-0.39, 0.29) is 23.2 Å². The molecule has 4 aliphatic rings. The second-order valence-corrected chi connectivity index (χ2v) is 12.3. The number of nitrogen functional groups attached to an aromatic ring is 1. The van der Waals surface area contributed by atoms with Gasteiger partial charge in [-0.15, -0.1) is 0 Å². The summed E-state index contributed by atoms with van der Waals surface area (Å²) in [4.78, 5) is 0. The van der Waals surface area contributed by atoms with Crippen LogP contribution in [0, 0.1) is 28.6 Å². The van der Waals surface area contributed by atoms with Gasteiger partial charge in [-0.25, -0.2) is 0 Å². The number of hydrogen-bond acceptors (Lipinski definition) is 5. The zero-order valence-electron chi connectivity index (χ0n) is 24.6. The lowest BCUT2D eigenvalue weighted by Gasteiger charge is -2.43. The van der Waals surface area contributed by atoms with Crippen molar-refractivity contribution in [1.29, 1.82) is 5.41 Å². The third-order valence-electron chi connectivity index (χ3n) is 10.1. The molecule has 6 heteroatoms. The molecule has 1 spiro atoms. The van der Waals surface area contributed by atoms with E-state index in [0.29, 0.717) is 35.9 Å². The summed E-state index contributed by atoms with van der Waals surface area (Å²) in [5.41, 5.74) is 11.2. The van der Waals surface area contributed by atoms with Crippen LogP contribution in [0.25, 0.3) is 0 Å². The maximum absolute atomic E-state index is 8.14. The van der Waals surface area contributed by atoms with E-state index in [0.717, 1.165) is 40.3 Å². The van der Waals surface area contributed by atoms with E-state index in [1.165, 1.54) is 5.56 Å². The van der Waals surface area contributed by atoms with Crippen molar-refractivity contribution in [2.24, 2.45) is 28.9 Å². The Labute approximate surface area is 257 Å². The number of methoxy groups -OCH3 is 1. The SMILES string of the molecule is COc1cc(C2Nc3ccc(C(=N)N)cc3[C@H]3C4C=CC=CC4[C@H]4CC243)c(Oc2ccccc2)cc1OCc1ccccc1. The van der Waals surface area contributed by atoms with Gasteiger partial charge in [0.05, 0.1) is 13.2 Å². The zero-order valence-corrected chi connectivity index (χ0v) is 24.6. The average molecular weight is 582 g/mol. The largest absolute Gasteiger partial charge is 0.493 e. The minimum absolute atomic E-state index is 0.0173. The summed E-state index contributed by atoms with van der Waals surface area (Å²) in [6.07, 6.45) is 10.3. The maximum Gasteiger partial charge on any atom is 0.165 e. The van der Waals surface area contributed by atoms with Crippen LogP contribution in [0.5, 0.6) is 23.0 Å². The van der Waals surface area contributed by atoms with Gasteiger partial charge in [-0.3, -0.25) is 5.41 Å². The van der Waals surface area contributed by atoms with E-state index in [9.17, 15) is 0 Å². The molecule has 2 fully saturated rings. The number of allylic oxidation sites excluding steroid dienone is 4. The molecule has 220 valence electrons. The van der Waals surface area contributed by atoms with Crippen LogP contribution in [-0.2, 0) is 6.61 Å². The summed E-state index contributed by atoms with van der Waals surface area (Å²) >= 11 is 0. The number of nitrogens with one attached hydrogen (secondary N) is 2. The van der Waals surface area contributed by atoms with Crippen LogP contribution in [0.3, 0.4) is 0 Å². The molecule has 0 radical (unpaired) electrons. The maximum atomic E-state index is 8.14. The van der Waals surface area contributed by atoms with Crippen molar-refractivity contribution in [3.63, 3.8) is 0 Å². The molecule has 1 heterocycles. The number of anilines is 1. The molecule has 2 saturated carbocycles. The lowest BCUT2D eigenvalue weighted by atomic mass is 9.68. The van der Waals surface area contributed by atoms with Crippen LogP contribution < -0.4 is 25.3 Å². The second-order valence-electron chi connectivity index (χ2n) is 12.3. The molecule has 0 bridgehead atoms. The number of benzene rings is 4. The quantitative estimate of drug-likeness (QED) is 0.145. The zero-order chi connectivity index (χ0) is 29.8. The standard InChI is InChI=1S/C38H35N3O3/c1-42-33-19-29(32(44-25-12-6-3-7-13-25)20-34(33)43-22-23-10-4-2-5-11-23)36-38-21-30(38)26-14-8-9-15-27(26)35(38)28-18-24(37(39)40)16-17-31(28)41-36/h2-20,26-27,30,35-36,41H,21-22H2,1H3,(H3,39,40)/t26?,27?,30-,35-,36?,38?/m1/s1. The summed E-state index contributed by atoms with van der Waals surface area (Å²) in [6, 6.07) is 30.3. The molecule has 3 aliphatic carbocycles. The third-order valence-corrected chi connectivity index (χ3v) is 10.1. The molecule has 0 aromatic heterocycles. The van der Waals surface area contributed by atoms with E-state index >= 15 is 0 Å². The van der Waals surface area contributed by atoms with E-state index < -0.39 is 0 Å². The topological polar surface area (TPSA) is 89.6 Å². The van der Waals surface area contributed by atoms with E-state index in [4.69, 9.17) is 25.4 Å². The number of para-hydroxylation sites is 1. The van der Waals surface area contributed by atoms with E-state index in [2.05, 4.69) is 60.0 Å². The summed E-state index contributed by atoms with van der Waals surface area (Å²) in [6.45, 7) is 0.422. The Morgan fingerprint density at radius 1 is 0.864 bits per heavy atom. The van der Waals surface area contributed by atoms with Crippen molar-refractivity contribution in [1.82, 2.24) is 0 Å². The molecule has 0 amide bonds. The Morgan fingerprint density at radius 2 is 1.61 bits per heavy atom. The highest BCUT2D eigenvalue weighted by Gasteiger charge is 2.74. The van der Waals surface area contributed by atoms with Gasteiger partial charge in [0.1, 0.15) is 23.9 Å². The molecule has 4 aromatic carbocycles. The molecule has 4 unspecified atom stereocenters. The number of ether oxygens (including phenoxy) is 3. The third kappa shape index (κ3) is 4.20. The monoisotopic (exact) mass is 581 g/mol. The average Bonchev–Trinajstić information content (AvgIpc) is 3.71. The fourth-order valence-electron chi connectivity index (χ4n) is 8.19. The summed E-state index contributed by atoms with van der Waals surface area (Å²) in [5, 5.41) is 12.1. The minimum atomic E-state index is -0.0248. The van der Waals surface area contributed by atoms with Gasteiger partial charge in [0, 0.05) is 34.2 Å². The van der Waals surface area contributed by atoms with Crippen molar-refractivity contribution in [2.45, 2.75) is 25.0 Å². The summed E-state index contributed by atoms with van der Waals surface area (Å²) in [7, 11) is 1.69. The van der Waals surface area contributed by atoms with Crippen LogP contribution >= 0.6 is 0 Å². The number of fused-ring (bicyclic) bond motifs is 5. The Hall–Kier alpha value is -4.97. The van der Waals surface area contributed by atoms with Crippen LogP contribution in [-0.4, -0.2) is 12.9 Å². The molecule has 6 nitrogen and oxygen atoms in total. The van der Waals surface area contributed by atoms with Gasteiger partial charge in [-0.2, -0.15) is 0 Å². The highest BCUT2D eigenvalue weighted by molar-refractivity contribution is 5.95. The number of amidine groups is 1. The van der Waals surface area contributed by atoms with Crippen molar-refractivity contribution in [3.8, 4) is 23.0 Å². The lowest BCUT2D eigenvalue weighted by molar-refractivity contribution is 0.280. The first-order valence-corrected chi connectivity index (χ1v) is 15.3. The van der Waals surface area contributed by atoms with Gasteiger partial charge in [-0.05, 0) is 71.7 Å². The molecule has 44 heavy (non-hydrogen) atoms. The predicted octanol–water partition coefficient (Wildman–Crippen LogP) is 7.98. The number of rotatable bonds is 8. The fourth-order valence-corrected chi connectivity index (χ4v) is 8.19. The molecule has 1 aliphatic heterocycles. The molecular weight excluding hydrogens is 546 g/mol. The van der Waals surface area contributed by atoms with Crippen LogP contribution in [0.15, 0.2) is 115 Å². The van der Waals surface area contributed by atoms with Crippen molar-refractivity contribution < 1.29 is 14.2 Å². The second kappa shape index (κ2) is 10.3. The lowest BCUT2D eigenvalue weighted by Crippen LogP contribution is -2.35. The first kappa shape index (κ1) is 26.6. The first-order chi connectivity index (χ1) is 21.6. The molecule has 6 atom stereocenters.